The maximum atomic E-state index is 12.2. The highest BCUT2D eigenvalue weighted by atomic mass is 35.5. The zero-order valence-electron chi connectivity index (χ0n) is 10.2. The third-order valence-corrected chi connectivity index (χ3v) is 3.58. The van der Waals surface area contributed by atoms with Gasteiger partial charge in [0.05, 0.1) is 28.3 Å². The van der Waals surface area contributed by atoms with Gasteiger partial charge in [-0.05, 0) is 0 Å². The summed E-state index contributed by atoms with van der Waals surface area (Å²) < 4.78 is 4.90. The van der Waals surface area contributed by atoms with Crippen molar-refractivity contribution in [1.29, 1.82) is 0 Å². The van der Waals surface area contributed by atoms with Crippen LogP contribution in [0.3, 0.4) is 0 Å². The standard InChI is InChI=1S/C11H13Cl3N2O3/c1-19-5-3-16(2-4-17)11(18)10-9(14)8(13)7(12)6-15-10/h6,17H,2-5H2,1H3. The number of methoxy groups -OCH3 is 1. The lowest BCUT2D eigenvalue weighted by Gasteiger charge is -2.21. The van der Waals surface area contributed by atoms with E-state index in [0.29, 0.717) is 13.2 Å². The van der Waals surface area contributed by atoms with Gasteiger partial charge in [-0.15, -0.1) is 0 Å². The Kier molecular flexibility index (Phi) is 6.82. The lowest BCUT2D eigenvalue weighted by atomic mass is 10.3. The summed E-state index contributed by atoms with van der Waals surface area (Å²) in [6.45, 7) is 0.633. The lowest BCUT2D eigenvalue weighted by Crippen LogP contribution is -2.36. The van der Waals surface area contributed by atoms with Crippen molar-refractivity contribution in [3.8, 4) is 0 Å². The van der Waals surface area contributed by atoms with Crippen LogP contribution < -0.4 is 0 Å². The number of hydrogen-bond acceptors (Lipinski definition) is 4. The number of amides is 1. The van der Waals surface area contributed by atoms with Gasteiger partial charge < -0.3 is 14.7 Å². The highest BCUT2D eigenvalue weighted by Crippen LogP contribution is 2.31. The molecule has 1 rings (SSSR count). The van der Waals surface area contributed by atoms with Gasteiger partial charge in [0, 0.05) is 26.4 Å². The van der Waals surface area contributed by atoms with Crippen molar-refractivity contribution < 1.29 is 14.6 Å². The summed E-state index contributed by atoms with van der Waals surface area (Å²) in [4.78, 5) is 17.5. The van der Waals surface area contributed by atoms with E-state index in [1.165, 1.54) is 18.2 Å². The minimum absolute atomic E-state index is 0.000441. The van der Waals surface area contributed by atoms with Crippen molar-refractivity contribution in [2.75, 3.05) is 33.4 Å². The smallest absolute Gasteiger partial charge is 0.274 e. The molecule has 1 heterocycles. The summed E-state index contributed by atoms with van der Waals surface area (Å²) >= 11 is 17.6. The molecule has 0 radical (unpaired) electrons. The first-order chi connectivity index (χ1) is 9.02. The first kappa shape index (κ1) is 16.5. The zero-order chi connectivity index (χ0) is 14.4. The molecule has 5 nitrogen and oxygen atoms in total. The third kappa shape index (κ3) is 4.19. The SMILES string of the molecule is COCCN(CCO)C(=O)c1ncc(Cl)c(Cl)c1Cl. The molecule has 0 aliphatic heterocycles. The quantitative estimate of drug-likeness (QED) is 0.869. The molecule has 0 atom stereocenters. The molecule has 0 saturated heterocycles. The monoisotopic (exact) mass is 326 g/mol. The fourth-order valence-electron chi connectivity index (χ4n) is 1.38. The van der Waals surface area contributed by atoms with Gasteiger partial charge in [0.15, 0.2) is 0 Å². The van der Waals surface area contributed by atoms with Gasteiger partial charge in [0.2, 0.25) is 0 Å². The van der Waals surface area contributed by atoms with E-state index in [9.17, 15) is 4.79 Å². The average Bonchev–Trinajstić information content (AvgIpc) is 2.40. The van der Waals surface area contributed by atoms with Crippen molar-refractivity contribution in [2.24, 2.45) is 0 Å². The largest absolute Gasteiger partial charge is 0.395 e. The average molecular weight is 328 g/mol. The van der Waals surface area contributed by atoms with Crippen LogP contribution in [0.1, 0.15) is 10.5 Å². The van der Waals surface area contributed by atoms with Gasteiger partial charge in [-0.2, -0.15) is 0 Å². The minimum atomic E-state index is -0.435. The molecule has 1 N–H and O–H groups in total. The van der Waals surface area contributed by atoms with E-state index in [-0.39, 0.29) is 33.9 Å². The number of aromatic nitrogens is 1. The second-order valence-electron chi connectivity index (χ2n) is 3.59. The van der Waals surface area contributed by atoms with Crippen LogP contribution in [0.5, 0.6) is 0 Å². The van der Waals surface area contributed by atoms with Crippen LogP contribution in [0.4, 0.5) is 0 Å². The van der Waals surface area contributed by atoms with Crippen LogP contribution in [0, 0.1) is 0 Å². The molecule has 1 aromatic heterocycles. The molecule has 0 unspecified atom stereocenters. The van der Waals surface area contributed by atoms with Gasteiger partial charge in [-0.3, -0.25) is 4.79 Å². The van der Waals surface area contributed by atoms with E-state index in [2.05, 4.69) is 4.98 Å². The third-order valence-electron chi connectivity index (χ3n) is 2.34. The number of pyridine rings is 1. The Bertz CT molecular complexity index is 457. The number of aliphatic hydroxyl groups is 1. The maximum Gasteiger partial charge on any atom is 0.274 e. The van der Waals surface area contributed by atoms with Crippen LogP contribution in [0.2, 0.25) is 15.1 Å². The zero-order valence-corrected chi connectivity index (χ0v) is 12.5. The van der Waals surface area contributed by atoms with Crippen LogP contribution >= 0.6 is 34.8 Å². The maximum absolute atomic E-state index is 12.2. The summed E-state index contributed by atoms with van der Waals surface area (Å²) in [5, 5.41) is 9.22. The highest BCUT2D eigenvalue weighted by Gasteiger charge is 2.22. The number of carbonyl (C=O) groups is 1. The molecule has 0 saturated carbocycles. The van der Waals surface area contributed by atoms with E-state index in [0.717, 1.165) is 0 Å². The van der Waals surface area contributed by atoms with Crippen molar-refractivity contribution in [3.05, 3.63) is 27.0 Å². The van der Waals surface area contributed by atoms with Crippen molar-refractivity contribution in [2.45, 2.75) is 0 Å². The molecule has 0 spiro atoms. The molecule has 1 aromatic rings. The lowest BCUT2D eigenvalue weighted by molar-refractivity contribution is 0.0651. The van der Waals surface area contributed by atoms with E-state index in [1.807, 2.05) is 0 Å². The number of carbonyl (C=O) groups excluding carboxylic acids is 1. The number of rotatable bonds is 6. The highest BCUT2D eigenvalue weighted by molar-refractivity contribution is 6.48. The Morgan fingerprint density at radius 3 is 2.63 bits per heavy atom. The van der Waals surface area contributed by atoms with Gasteiger partial charge in [0.1, 0.15) is 5.69 Å². The molecule has 19 heavy (non-hydrogen) atoms. The molecular weight excluding hydrogens is 314 g/mol. The second kappa shape index (κ2) is 7.87. The first-order valence-electron chi connectivity index (χ1n) is 5.41. The Morgan fingerprint density at radius 1 is 1.37 bits per heavy atom. The molecule has 106 valence electrons. The molecule has 0 fully saturated rings. The number of halogens is 3. The second-order valence-corrected chi connectivity index (χ2v) is 4.75. The summed E-state index contributed by atoms with van der Waals surface area (Å²) in [5.41, 5.74) is 0.000574. The fourth-order valence-corrected chi connectivity index (χ4v) is 1.94. The fraction of sp³-hybridized carbons (Fsp3) is 0.455. The van der Waals surface area contributed by atoms with E-state index >= 15 is 0 Å². The van der Waals surface area contributed by atoms with Crippen LogP contribution in [-0.4, -0.2) is 54.3 Å². The van der Waals surface area contributed by atoms with Crippen molar-refractivity contribution >= 4 is 40.7 Å². The molecule has 8 heteroatoms. The molecule has 0 aromatic carbocycles. The van der Waals surface area contributed by atoms with Gasteiger partial charge in [-0.1, -0.05) is 34.8 Å². The summed E-state index contributed by atoms with van der Waals surface area (Å²) in [6, 6.07) is 0. The Morgan fingerprint density at radius 2 is 2.05 bits per heavy atom. The van der Waals surface area contributed by atoms with E-state index < -0.39 is 5.91 Å². The van der Waals surface area contributed by atoms with Gasteiger partial charge in [0.25, 0.3) is 5.91 Å². The predicted molar refractivity (Wildman–Crippen MR) is 74.1 cm³/mol. The topological polar surface area (TPSA) is 62.7 Å². The Hall–Kier alpha value is -0.590. The summed E-state index contributed by atoms with van der Waals surface area (Å²) in [7, 11) is 1.52. The van der Waals surface area contributed by atoms with Crippen molar-refractivity contribution in [1.82, 2.24) is 9.88 Å². The van der Waals surface area contributed by atoms with Crippen LogP contribution in [0.25, 0.3) is 0 Å². The van der Waals surface area contributed by atoms with E-state index in [4.69, 9.17) is 44.6 Å². The predicted octanol–water partition coefficient (Wildman–Crippen LogP) is 2.12. The van der Waals surface area contributed by atoms with Gasteiger partial charge >= 0.3 is 0 Å². The van der Waals surface area contributed by atoms with Crippen LogP contribution in [-0.2, 0) is 4.74 Å². The van der Waals surface area contributed by atoms with Crippen LogP contribution in [0.15, 0.2) is 6.20 Å². The summed E-state index contributed by atoms with van der Waals surface area (Å²) in [6.07, 6.45) is 1.26. The number of aliphatic hydroxyl groups excluding tert-OH is 1. The number of ether oxygens (including phenoxy) is 1. The number of nitrogens with zero attached hydrogens (tertiary/aromatic N) is 2. The Balaban J connectivity index is 2.99. The van der Waals surface area contributed by atoms with Crippen molar-refractivity contribution in [3.63, 3.8) is 0 Å². The normalized spacial score (nSPS) is 10.6. The molecule has 0 aliphatic carbocycles. The van der Waals surface area contributed by atoms with Gasteiger partial charge in [-0.25, -0.2) is 4.98 Å². The molecule has 1 amide bonds. The number of hydrogen-bond donors (Lipinski definition) is 1. The molecule has 0 aliphatic rings. The molecule has 0 bridgehead atoms. The first-order valence-corrected chi connectivity index (χ1v) is 6.54. The van der Waals surface area contributed by atoms with E-state index in [1.54, 1.807) is 0 Å². The Labute approximate surface area is 126 Å². The summed E-state index contributed by atoms with van der Waals surface area (Å²) in [5.74, 6) is -0.435. The molecular formula is C11H13Cl3N2O3. The minimum Gasteiger partial charge on any atom is -0.395 e.